The van der Waals surface area contributed by atoms with Crippen molar-refractivity contribution in [1.82, 2.24) is 4.90 Å². The first-order valence-electron chi connectivity index (χ1n) is 6.70. The standard InChI is InChI=1S/C15H23NO2/c1-4-16-5-6-18-14(10-16)15(17)13-8-11(2)7-12(3)9-13/h7-9,14-15,17H,4-6,10H2,1-3H3. The number of hydrogen-bond acceptors (Lipinski definition) is 3. The Morgan fingerprint density at radius 1 is 1.33 bits per heavy atom. The second-order valence-corrected chi connectivity index (χ2v) is 5.17. The van der Waals surface area contributed by atoms with E-state index in [1.165, 1.54) is 11.1 Å². The van der Waals surface area contributed by atoms with Crippen LogP contribution in [-0.2, 0) is 4.74 Å². The summed E-state index contributed by atoms with van der Waals surface area (Å²) in [6.07, 6.45) is -0.641. The monoisotopic (exact) mass is 249 g/mol. The largest absolute Gasteiger partial charge is 0.386 e. The molecule has 0 amide bonds. The van der Waals surface area contributed by atoms with E-state index in [9.17, 15) is 5.11 Å². The van der Waals surface area contributed by atoms with Gasteiger partial charge in [-0.3, -0.25) is 4.90 Å². The van der Waals surface area contributed by atoms with Gasteiger partial charge in [0.15, 0.2) is 0 Å². The van der Waals surface area contributed by atoms with Crippen LogP contribution in [0.25, 0.3) is 0 Å². The van der Waals surface area contributed by atoms with Crippen LogP contribution in [0.2, 0.25) is 0 Å². The van der Waals surface area contributed by atoms with Crippen molar-refractivity contribution in [3.63, 3.8) is 0 Å². The lowest BCUT2D eigenvalue weighted by molar-refractivity contribution is -0.0889. The average molecular weight is 249 g/mol. The number of benzene rings is 1. The van der Waals surface area contributed by atoms with Gasteiger partial charge in [-0.1, -0.05) is 36.2 Å². The molecule has 0 spiro atoms. The van der Waals surface area contributed by atoms with Crippen molar-refractivity contribution >= 4 is 0 Å². The van der Waals surface area contributed by atoms with Crippen LogP contribution in [0.1, 0.15) is 29.7 Å². The zero-order chi connectivity index (χ0) is 13.1. The van der Waals surface area contributed by atoms with Crippen LogP contribution in [0.5, 0.6) is 0 Å². The lowest BCUT2D eigenvalue weighted by atomic mass is 9.99. The molecule has 2 atom stereocenters. The van der Waals surface area contributed by atoms with Crippen molar-refractivity contribution < 1.29 is 9.84 Å². The van der Waals surface area contributed by atoms with Gasteiger partial charge in [-0.25, -0.2) is 0 Å². The van der Waals surface area contributed by atoms with Crippen LogP contribution >= 0.6 is 0 Å². The summed E-state index contributed by atoms with van der Waals surface area (Å²) < 4.78 is 5.71. The van der Waals surface area contributed by atoms with E-state index >= 15 is 0 Å². The molecule has 1 aromatic carbocycles. The number of hydrogen-bond donors (Lipinski definition) is 1. The fourth-order valence-corrected chi connectivity index (χ4v) is 2.61. The fraction of sp³-hybridized carbons (Fsp3) is 0.600. The first-order chi connectivity index (χ1) is 8.60. The Hall–Kier alpha value is -0.900. The topological polar surface area (TPSA) is 32.7 Å². The van der Waals surface area contributed by atoms with Gasteiger partial charge in [0.2, 0.25) is 0 Å². The number of likely N-dealkylation sites (N-methyl/N-ethyl adjacent to an activating group) is 1. The zero-order valence-electron chi connectivity index (χ0n) is 11.5. The molecule has 3 nitrogen and oxygen atoms in total. The Kier molecular flexibility index (Phi) is 4.38. The molecule has 0 saturated carbocycles. The fourth-order valence-electron chi connectivity index (χ4n) is 2.61. The molecule has 0 radical (unpaired) electrons. The molecule has 1 aliphatic heterocycles. The molecule has 18 heavy (non-hydrogen) atoms. The number of ether oxygens (including phenoxy) is 1. The van der Waals surface area contributed by atoms with Crippen molar-refractivity contribution in [2.24, 2.45) is 0 Å². The highest BCUT2D eigenvalue weighted by molar-refractivity contribution is 5.30. The molecule has 1 N–H and O–H groups in total. The molecule has 2 unspecified atom stereocenters. The molecule has 1 fully saturated rings. The Morgan fingerprint density at radius 2 is 2.00 bits per heavy atom. The van der Waals surface area contributed by atoms with Crippen molar-refractivity contribution in [3.8, 4) is 0 Å². The summed E-state index contributed by atoms with van der Waals surface area (Å²) in [7, 11) is 0. The van der Waals surface area contributed by atoms with Crippen LogP contribution in [0.4, 0.5) is 0 Å². The van der Waals surface area contributed by atoms with Crippen molar-refractivity contribution in [3.05, 3.63) is 34.9 Å². The maximum atomic E-state index is 10.5. The van der Waals surface area contributed by atoms with Gasteiger partial charge in [-0.2, -0.15) is 0 Å². The Balaban J connectivity index is 2.12. The Labute approximate surface area is 109 Å². The van der Waals surface area contributed by atoms with E-state index < -0.39 is 6.10 Å². The van der Waals surface area contributed by atoms with E-state index in [-0.39, 0.29) is 6.10 Å². The van der Waals surface area contributed by atoms with Crippen LogP contribution < -0.4 is 0 Å². The first-order valence-corrected chi connectivity index (χ1v) is 6.70. The lowest BCUT2D eigenvalue weighted by Gasteiger charge is -2.34. The third-order valence-electron chi connectivity index (χ3n) is 3.56. The summed E-state index contributed by atoms with van der Waals surface area (Å²) in [5.41, 5.74) is 3.34. The summed E-state index contributed by atoms with van der Waals surface area (Å²) in [5, 5.41) is 10.5. The van der Waals surface area contributed by atoms with Crippen molar-refractivity contribution in [2.75, 3.05) is 26.2 Å². The number of aliphatic hydroxyl groups excluding tert-OH is 1. The van der Waals surface area contributed by atoms with Crippen LogP contribution in [0, 0.1) is 13.8 Å². The molecular weight excluding hydrogens is 226 g/mol. The van der Waals surface area contributed by atoms with Crippen LogP contribution in [0.3, 0.4) is 0 Å². The molecule has 3 heteroatoms. The minimum Gasteiger partial charge on any atom is -0.386 e. The molecule has 0 aromatic heterocycles. The van der Waals surface area contributed by atoms with Gasteiger partial charge in [0.1, 0.15) is 12.2 Å². The smallest absolute Gasteiger partial charge is 0.106 e. The van der Waals surface area contributed by atoms with Gasteiger partial charge < -0.3 is 9.84 Å². The number of aryl methyl sites for hydroxylation is 2. The predicted octanol–water partition coefficient (Wildman–Crippen LogP) is 2.06. The van der Waals surface area contributed by atoms with Gasteiger partial charge in [0, 0.05) is 13.1 Å². The molecule has 0 bridgehead atoms. The van der Waals surface area contributed by atoms with Gasteiger partial charge >= 0.3 is 0 Å². The zero-order valence-corrected chi connectivity index (χ0v) is 11.5. The molecule has 1 saturated heterocycles. The van der Waals surface area contributed by atoms with Gasteiger partial charge in [-0.15, -0.1) is 0 Å². The Bertz CT molecular complexity index is 385. The maximum Gasteiger partial charge on any atom is 0.106 e. The van der Waals surface area contributed by atoms with E-state index in [4.69, 9.17) is 4.74 Å². The molecule has 100 valence electrons. The van der Waals surface area contributed by atoms with Gasteiger partial charge in [0.25, 0.3) is 0 Å². The third kappa shape index (κ3) is 3.10. The highest BCUT2D eigenvalue weighted by atomic mass is 16.5. The average Bonchev–Trinajstić information content (AvgIpc) is 2.37. The molecule has 0 aliphatic carbocycles. The van der Waals surface area contributed by atoms with E-state index in [1.54, 1.807) is 0 Å². The van der Waals surface area contributed by atoms with E-state index in [0.29, 0.717) is 6.61 Å². The quantitative estimate of drug-likeness (QED) is 0.890. The van der Waals surface area contributed by atoms with Gasteiger partial charge in [0.05, 0.1) is 6.61 Å². The number of aliphatic hydroxyl groups is 1. The third-order valence-corrected chi connectivity index (χ3v) is 3.56. The molecule has 1 aromatic rings. The number of nitrogens with zero attached hydrogens (tertiary/aromatic N) is 1. The molecule has 2 rings (SSSR count). The molecule has 1 aliphatic rings. The first kappa shape index (κ1) is 13.5. The maximum absolute atomic E-state index is 10.5. The van der Waals surface area contributed by atoms with Crippen molar-refractivity contribution in [1.29, 1.82) is 0 Å². The predicted molar refractivity (Wildman–Crippen MR) is 72.7 cm³/mol. The second kappa shape index (κ2) is 5.83. The van der Waals surface area contributed by atoms with Crippen LogP contribution in [-0.4, -0.2) is 42.4 Å². The highest BCUT2D eigenvalue weighted by Crippen LogP contribution is 2.24. The summed E-state index contributed by atoms with van der Waals surface area (Å²) >= 11 is 0. The van der Waals surface area contributed by atoms with Crippen molar-refractivity contribution in [2.45, 2.75) is 33.0 Å². The van der Waals surface area contributed by atoms with E-state index in [1.807, 2.05) is 12.1 Å². The second-order valence-electron chi connectivity index (χ2n) is 5.17. The SMILES string of the molecule is CCN1CCOC(C(O)c2cc(C)cc(C)c2)C1. The molecule has 1 heterocycles. The van der Waals surface area contributed by atoms with Crippen LogP contribution in [0.15, 0.2) is 18.2 Å². The highest BCUT2D eigenvalue weighted by Gasteiger charge is 2.27. The minimum absolute atomic E-state index is 0.111. The molecular formula is C15H23NO2. The lowest BCUT2D eigenvalue weighted by Crippen LogP contribution is -2.44. The van der Waals surface area contributed by atoms with Gasteiger partial charge in [-0.05, 0) is 26.0 Å². The number of morpholine rings is 1. The summed E-state index contributed by atoms with van der Waals surface area (Å²) in [4.78, 5) is 2.32. The summed E-state index contributed by atoms with van der Waals surface area (Å²) in [6, 6.07) is 6.22. The Morgan fingerprint density at radius 3 is 2.61 bits per heavy atom. The normalized spacial score (nSPS) is 23.0. The van der Waals surface area contributed by atoms with E-state index in [2.05, 4.69) is 31.7 Å². The minimum atomic E-state index is -0.530. The summed E-state index contributed by atoms with van der Waals surface area (Å²) in [6.45, 7) is 9.76. The summed E-state index contributed by atoms with van der Waals surface area (Å²) in [5.74, 6) is 0. The number of rotatable bonds is 3. The van der Waals surface area contributed by atoms with E-state index in [0.717, 1.165) is 25.2 Å².